The second-order valence-electron chi connectivity index (χ2n) is 5.72. The SMILES string of the molecule is O=C(NCc1cn2cc(Br)ccc2n1)c1c[nH]c2ccc([N+](=O)[O-])cc12. The van der Waals surface area contributed by atoms with Gasteiger partial charge in [-0.1, -0.05) is 0 Å². The monoisotopic (exact) mass is 413 g/mol. The number of H-pyrrole nitrogens is 1. The molecular weight excluding hydrogens is 402 g/mol. The molecule has 0 saturated heterocycles. The number of nitro groups is 1. The quantitative estimate of drug-likeness (QED) is 0.394. The minimum Gasteiger partial charge on any atom is -0.360 e. The summed E-state index contributed by atoms with van der Waals surface area (Å²) in [6, 6.07) is 8.14. The van der Waals surface area contributed by atoms with Gasteiger partial charge in [0.05, 0.1) is 22.7 Å². The van der Waals surface area contributed by atoms with Crippen molar-refractivity contribution in [1.29, 1.82) is 0 Å². The fraction of sp³-hybridized carbons (Fsp3) is 0.0588. The summed E-state index contributed by atoms with van der Waals surface area (Å²) >= 11 is 3.40. The van der Waals surface area contributed by atoms with Crippen molar-refractivity contribution in [3.8, 4) is 0 Å². The van der Waals surface area contributed by atoms with E-state index in [0.29, 0.717) is 22.2 Å². The molecule has 8 nitrogen and oxygen atoms in total. The number of aromatic nitrogens is 3. The minimum atomic E-state index is -0.483. The number of imidazole rings is 1. The molecule has 26 heavy (non-hydrogen) atoms. The highest BCUT2D eigenvalue weighted by Crippen LogP contribution is 2.23. The van der Waals surface area contributed by atoms with E-state index in [0.717, 1.165) is 10.1 Å². The third-order valence-corrected chi connectivity index (χ3v) is 4.48. The van der Waals surface area contributed by atoms with E-state index in [-0.39, 0.29) is 18.1 Å². The molecule has 3 heterocycles. The van der Waals surface area contributed by atoms with Crippen LogP contribution < -0.4 is 5.32 Å². The number of hydrogen-bond acceptors (Lipinski definition) is 4. The van der Waals surface area contributed by atoms with Crippen molar-refractivity contribution in [2.75, 3.05) is 0 Å². The molecular formula is C17H12BrN5O3. The third kappa shape index (κ3) is 2.93. The fourth-order valence-electron chi connectivity index (χ4n) is 2.78. The summed E-state index contributed by atoms with van der Waals surface area (Å²) in [5.41, 5.74) is 2.45. The number of nitro benzene ring substituents is 1. The lowest BCUT2D eigenvalue weighted by Crippen LogP contribution is -2.22. The van der Waals surface area contributed by atoms with Crippen LogP contribution in [0.15, 0.2) is 53.4 Å². The van der Waals surface area contributed by atoms with Gasteiger partial charge >= 0.3 is 0 Å². The maximum absolute atomic E-state index is 12.5. The van der Waals surface area contributed by atoms with Crippen LogP contribution in [0.25, 0.3) is 16.6 Å². The number of benzene rings is 1. The first kappa shape index (κ1) is 16.3. The predicted octanol–water partition coefficient (Wildman–Crippen LogP) is 3.42. The molecule has 0 spiro atoms. The number of carbonyl (C=O) groups excluding carboxylic acids is 1. The lowest BCUT2D eigenvalue weighted by Gasteiger charge is -2.02. The molecule has 4 rings (SSSR count). The topological polar surface area (TPSA) is 105 Å². The molecule has 1 aromatic carbocycles. The van der Waals surface area contributed by atoms with Crippen LogP contribution in [0.3, 0.4) is 0 Å². The van der Waals surface area contributed by atoms with Crippen LogP contribution in [-0.2, 0) is 6.54 Å². The van der Waals surface area contributed by atoms with Gasteiger partial charge in [0, 0.05) is 46.1 Å². The summed E-state index contributed by atoms with van der Waals surface area (Å²) in [6.45, 7) is 0.250. The number of nitrogens with zero attached hydrogens (tertiary/aromatic N) is 3. The highest BCUT2D eigenvalue weighted by Gasteiger charge is 2.15. The maximum Gasteiger partial charge on any atom is 0.270 e. The first-order valence-corrected chi connectivity index (χ1v) is 8.47. The van der Waals surface area contributed by atoms with Crippen molar-refractivity contribution in [2.24, 2.45) is 0 Å². The van der Waals surface area contributed by atoms with Gasteiger partial charge in [0.15, 0.2) is 0 Å². The van der Waals surface area contributed by atoms with Gasteiger partial charge in [-0.2, -0.15) is 0 Å². The van der Waals surface area contributed by atoms with Crippen LogP contribution in [0.1, 0.15) is 16.1 Å². The minimum absolute atomic E-state index is 0.0583. The molecule has 0 fully saturated rings. The molecule has 3 aromatic heterocycles. The van der Waals surface area contributed by atoms with Gasteiger partial charge in [-0.25, -0.2) is 4.98 Å². The largest absolute Gasteiger partial charge is 0.360 e. The zero-order valence-electron chi connectivity index (χ0n) is 13.3. The highest BCUT2D eigenvalue weighted by atomic mass is 79.9. The van der Waals surface area contributed by atoms with Gasteiger partial charge in [-0.15, -0.1) is 0 Å². The van der Waals surface area contributed by atoms with Gasteiger partial charge in [0.25, 0.3) is 11.6 Å². The third-order valence-electron chi connectivity index (χ3n) is 4.02. The van der Waals surface area contributed by atoms with E-state index in [1.165, 1.54) is 12.1 Å². The average Bonchev–Trinajstić information content (AvgIpc) is 3.22. The standard InChI is InChI=1S/C17H12BrN5O3/c18-10-1-4-16-21-11(9-22(16)8-10)6-20-17(24)14-7-19-15-3-2-12(23(25)26)5-13(14)15/h1-5,7-9,19H,6H2,(H,20,24). The van der Waals surface area contributed by atoms with Crippen molar-refractivity contribution >= 4 is 44.1 Å². The molecule has 0 saturated carbocycles. The predicted molar refractivity (Wildman–Crippen MR) is 99.0 cm³/mol. The Balaban J connectivity index is 1.56. The molecule has 0 aliphatic heterocycles. The zero-order valence-corrected chi connectivity index (χ0v) is 14.9. The first-order chi connectivity index (χ1) is 12.5. The molecule has 0 radical (unpaired) electrons. The molecule has 9 heteroatoms. The lowest BCUT2D eigenvalue weighted by molar-refractivity contribution is -0.384. The molecule has 4 aromatic rings. The second-order valence-corrected chi connectivity index (χ2v) is 6.63. The Morgan fingerprint density at radius 1 is 1.31 bits per heavy atom. The summed E-state index contributed by atoms with van der Waals surface area (Å²) in [4.78, 5) is 30.4. The van der Waals surface area contributed by atoms with Crippen molar-refractivity contribution in [3.05, 3.63) is 74.8 Å². The number of amides is 1. The van der Waals surface area contributed by atoms with Crippen molar-refractivity contribution in [1.82, 2.24) is 19.7 Å². The Labute approximate surface area is 155 Å². The van der Waals surface area contributed by atoms with E-state index in [9.17, 15) is 14.9 Å². The molecule has 0 unspecified atom stereocenters. The van der Waals surface area contributed by atoms with E-state index in [1.54, 1.807) is 12.3 Å². The summed E-state index contributed by atoms with van der Waals surface area (Å²) < 4.78 is 2.79. The van der Waals surface area contributed by atoms with Gasteiger partial charge in [-0.05, 0) is 34.1 Å². The number of carbonyl (C=O) groups is 1. The summed E-state index contributed by atoms with van der Waals surface area (Å²) in [7, 11) is 0. The number of halogens is 1. The molecule has 0 aliphatic rings. The van der Waals surface area contributed by atoms with E-state index in [1.807, 2.05) is 28.9 Å². The Hall–Kier alpha value is -3.20. The number of aromatic amines is 1. The smallest absolute Gasteiger partial charge is 0.270 e. The van der Waals surface area contributed by atoms with Crippen LogP contribution in [0, 0.1) is 10.1 Å². The van der Waals surface area contributed by atoms with E-state index >= 15 is 0 Å². The second kappa shape index (κ2) is 6.26. The van der Waals surface area contributed by atoms with Gasteiger partial charge < -0.3 is 14.7 Å². The zero-order chi connectivity index (χ0) is 18.3. The number of hydrogen-bond donors (Lipinski definition) is 2. The van der Waals surface area contributed by atoms with Crippen LogP contribution in [0.4, 0.5) is 5.69 Å². The van der Waals surface area contributed by atoms with Gasteiger partial charge in [-0.3, -0.25) is 14.9 Å². The van der Waals surface area contributed by atoms with E-state index in [2.05, 4.69) is 31.2 Å². The Bertz CT molecular complexity index is 1160. The molecule has 0 bridgehead atoms. The van der Waals surface area contributed by atoms with E-state index in [4.69, 9.17) is 0 Å². The molecule has 0 atom stereocenters. The summed E-state index contributed by atoms with van der Waals surface area (Å²) in [5, 5.41) is 14.3. The fourth-order valence-corrected chi connectivity index (χ4v) is 3.13. The van der Waals surface area contributed by atoms with Crippen molar-refractivity contribution in [2.45, 2.75) is 6.54 Å². The van der Waals surface area contributed by atoms with Crippen molar-refractivity contribution in [3.63, 3.8) is 0 Å². The van der Waals surface area contributed by atoms with E-state index < -0.39 is 4.92 Å². The first-order valence-electron chi connectivity index (χ1n) is 7.68. The number of fused-ring (bicyclic) bond motifs is 2. The summed E-state index contributed by atoms with van der Waals surface area (Å²) in [6.07, 6.45) is 5.26. The van der Waals surface area contributed by atoms with Gasteiger partial charge in [0.1, 0.15) is 5.65 Å². The van der Waals surface area contributed by atoms with Crippen molar-refractivity contribution < 1.29 is 9.72 Å². The average molecular weight is 414 g/mol. The Morgan fingerprint density at radius 2 is 2.15 bits per heavy atom. The summed E-state index contributed by atoms with van der Waals surface area (Å²) in [5.74, 6) is -0.324. The molecule has 2 N–H and O–H groups in total. The van der Waals surface area contributed by atoms with Crippen LogP contribution in [-0.4, -0.2) is 25.2 Å². The lowest BCUT2D eigenvalue weighted by atomic mass is 10.1. The number of rotatable bonds is 4. The number of non-ortho nitro benzene ring substituents is 1. The van der Waals surface area contributed by atoms with Crippen LogP contribution in [0.2, 0.25) is 0 Å². The van der Waals surface area contributed by atoms with Crippen LogP contribution in [0.5, 0.6) is 0 Å². The molecule has 130 valence electrons. The Kier molecular flexibility index (Phi) is 3.92. The van der Waals surface area contributed by atoms with Gasteiger partial charge in [0.2, 0.25) is 0 Å². The number of pyridine rings is 1. The molecule has 0 aliphatic carbocycles. The normalized spacial score (nSPS) is 11.1. The molecule has 1 amide bonds. The highest BCUT2D eigenvalue weighted by molar-refractivity contribution is 9.10. The Morgan fingerprint density at radius 3 is 2.96 bits per heavy atom. The number of nitrogens with one attached hydrogen (secondary N) is 2. The maximum atomic E-state index is 12.5. The van der Waals surface area contributed by atoms with Crippen LogP contribution >= 0.6 is 15.9 Å².